The fourth-order valence-electron chi connectivity index (χ4n) is 4.20. The summed E-state index contributed by atoms with van der Waals surface area (Å²) in [7, 11) is 1.53. The molecule has 0 aliphatic carbocycles. The van der Waals surface area contributed by atoms with E-state index >= 15 is 0 Å². The van der Waals surface area contributed by atoms with Crippen molar-refractivity contribution in [2.75, 3.05) is 32.2 Å². The first kappa shape index (κ1) is 23.7. The van der Waals surface area contributed by atoms with Crippen molar-refractivity contribution < 1.29 is 28.2 Å². The molecule has 11 heteroatoms. The van der Waals surface area contributed by atoms with Gasteiger partial charge in [0, 0.05) is 50.8 Å². The van der Waals surface area contributed by atoms with Crippen molar-refractivity contribution >= 4 is 23.3 Å². The molecule has 3 heterocycles. The summed E-state index contributed by atoms with van der Waals surface area (Å²) in [5, 5.41) is 12.1. The molecule has 1 saturated heterocycles. The smallest absolute Gasteiger partial charge is 0.295 e. The van der Waals surface area contributed by atoms with Gasteiger partial charge in [0.2, 0.25) is 5.28 Å². The number of aliphatic hydroxyl groups is 1. The summed E-state index contributed by atoms with van der Waals surface area (Å²) in [5.41, 5.74) is 0.736. The molecule has 0 radical (unpaired) electrons. The number of carbonyl (C=O) groups excluding carboxylic acids is 1. The van der Waals surface area contributed by atoms with Gasteiger partial charge in [-0.3, -0.25) is 4.79 Å². The number of alkyl halides is 2. The van der Waals surface area contributed by atoms with Crippen LogP contribution in [0.15, 0.2) is 24.3 Å². The van der Waals surface area contributed by atoms with Crippen LogP contribution in [-0.2, 0) is 39.8 Å². The van der Waals surface area contributed by atoms with Gasteiger partial charge in [-0.2, -0.15) is 8.78 Å². The predicted molar refractivity (Wildman–Crippen MR) is 116 cm³/mol. The first-order valence-electron chi connectivity index (χ1n) is 10.6. The third-order valence-corrected chi connectivity index (χ3v) is 6.30. The van der Waals surface area contributed by atoms with E-state index in [9.17, 15) is 13.6 Å². The minimum atomic E-state index is -3.32. The lowest BCUT2D eigenvalue weighted by atomic mass is 9.92. The molecule has 33 heavy (non-hydrogen) atoms. The van der Waals surface area contributed by atoms with Gasteiger partial charge in [-0.25, -0.2) is 9.97 Å². The number of hydrogen-bond acceptors (Lipinski definition) is 7. The molecular formula is C22H25ClF2N4O4. The Balaban J connectivity index is 1.51. The van der Waals surface area contributed by atoms with Crippen LogP contribution in [0, 0.1) is 0 Å². The molecule has 0 unspecified atom stereocenters. The van der Waals surface area contributed by atoms with Crippen molar-refractivity contribution in [3.8, 4) is 0 Å². The second kappa shape index (κ2) is 9.46. The van der Waals surface area contributed by atoms with Gasteiger partial charge in [0.15, 0.2) is 5.60 Å². The molecule has 1 amide bonds. The van der Waals surface area contributed by atoms with Crippen molar-refractivity contribution in [2.24, 2.45) is 0 Å². The van der Waals surface area contributed by atoms with E-state index in [2.05, 4.69) is 15.3 Å². The van der Waals surface area contributed by atoms with Crippen LogP contribution in [0.4, 0.5) is 14.6 Å². The number of nitrogens with zero attached hydrogens (tertiary/aromatic N) is 3. The quantitative estimate of drug-likeness (QED) is 0.586. The number of carbonyl (C=O) groups is 1. The van der Waals surface area contributed by atoms with Gasteiger partial charge in [-0.05, 0) is 23.2 Å². The van der Waals surface area contributed by atoms with E-state index in [0.29, 0.717) is 43.1 Å². The van der Waals surface area contributed by atoms with Gasteiger partial charge in [-0.1, -0.05) is 18.2 Å². The fourth-order valence-corrected chi connectivity index (χ4v) is 4.38. The third-order valence-electron chi connectivity index (χ3n) is 6.13. The number of hydrogen-bond donors (Lipinski definition) is 2. The highest BCUT2D eigenvalue weighted by Gasteiger charge is 2.45. The summed E-state index contributed by atoms with van der Waals surface area (Å²) < 4.78 is 38.7. The van der Waals surface area contributed by atoms with Gasteiger partial charge < -0.3 is 24.8 Å². The number of ether oxygens (including phenoxy) is 2. The van der Waals surface area contributed by atoms with Crippen LogP contribution < -0.4 is 5.32 Å². The fraction of sp³-hybridized carbons (Fsp3) is 0.500. The molecule has 1 fully saturated rings. The number of benzene rings is 1. The lowest BCUT2D eigenvalue weighted by molar-refractivity contribution is -0.167. The Labute approximate surface area is 194 Å². The van der Waals surface area contributed by atoms with E-state index in [1.165, 1.54) is 25.3 Å². The molecule has 1 aromatic carbocycles. The summed E-state index contributed by atoms with van der Waals surface area (Å²) >= 11 is 6.11. The largest absolute Gasteiger partial charge is 0.390 e. The third kappa shape index (κ3) is 4.79. The van der Waals surface area contributed by atoms with Crippen LogP contribution in [-0.4, -0.2) is 58.4 Å². The maximum Gasteiger partial charge on any atom is 0.295 e. The summed E-state index contributed by atoms with van der Waals surface area (Å²) in [6, 6.07) is 5.79. The van der Waals surface area contributed by atoms with Crippen molar-refractivity contribution in [3.05, 3.63) is 51.9 Å². The van der Waals surface area contributed by atoms with E-state index in [0.717, 1.165) is 5.56 Å². The van der Waals surface area contributed by atoms with E-state index in [4.69, 9.17) is 26.2 Å². The van der Waals surface area contributed by atoms with Gasteiger partial charge in [0.05, 0.1) is 18.8 Å². The maximum absolute atomic E-state index is 13.8. The van der Waals surface area contributed by atoms with Crippen LogP contribution in [0.5, 0.6) is 0 Å². The summed E-state index contributed by atoms with van der Waals surface area (Å²) in [6.07, 6.45) is 0.947. The van der Waals surface area contributed by atoms with Crippen molar-refractivity contribution in [1.82, 2.24) is 14.9 Å². The number of halogens is 3. The van der Waals surface area contributed by atoms with Gasteiger partial charge >= 0.3 is 0 Å². The predicted octanol–water partition coefficient (Wildman–Crippen LogP) is 2.86. The number of anilines is 1. The molecule has 0 saturated carbocycles. The number of fused-ring (bicyclic) bond motifs is 1. The molecule has 2 aliphatic heterocycles. The van der Waals surface area contributed by atoms with Gasteiger partial charge in [-0.15, -0.1) is 0 Å². The number of aromatic nitrogens is 2. The molecule has 2 N–H and O–H groups in total. The minimum absolute atomic E-state index is 0.0265. The maximum atomic E-state index is 13.8. The molecular weight excluding hydrogens is 458 g/mol. The lowest BCUT2D eigenvalue weighted by Crippen LogP contribution is -2.51. The molecule has 1 aromatic heterocycles. The van der Waals surface area contributed by atoms with Crippen molar-refractivity contribution in [3.63, 3.8) is 0 Å². The number of rotatable bonds is 7. The summed E-state index contributed by atoms with van der Waals surface area (Å²) in [6.45, 7) is 0.387. The normalized spacial score (nSPS) is 17.7. The Hall–Kier alpha value is -2.40. The van der Waals surface area contributed by atoms with Crippen LogP contribution in [0.1, 0.15) is 35.2 Å². The van der Waals surface area contributed by atoms with Crippen LogP contribution in [0.25, 0.3) is 0 Å². The number of aliphatic hydroxyl groups excluding tert-OH is 1. The highest BCUT2D eigenvalue weighted by molar-refractivity contribution is 6.28. The monoisotopic (exact) mass is 482 g/mol. The standard InChI is InChI=1S/C22H25ClF2N4O4/c1-32-21(5-7-33-8-6-21)19(31)29-11-16-17(12-29)27-20(23)28-18(16)26-10-14-3-2-4-15(9-14)22(24,25)13-30/h2-4,9,30H,5-8,10-13H2,1H3,(H,26,27,28). The Kier molecular flexibility index (Phi) is 6.81. The number of amides is 1. The highest BCUT2D eigenvalue weighted by atomic mass is 35.5. The Morgan fingerprint density at radius 1 is 1.33 bits per heavy atom. The zero-order valence-electron chi connectivity index (χ0n) is 18.1. The second-order valence-corrected chi connectivity index (χ2v) is 8.49. The molecule has 178 valence electrons. The lowest BCUT2D eigenvalue weighted by Gasteiger charge is -2.37. The van der Waals surface area contributed by atoms with Crippen LogP contribution >= 0.6 is 11.6 Å². The molecule has 2 aromatic rings. The van der Waals surface area contributed by atoms with Gasteiger partial charge in [0.25, 0.3) is 11.8 Å². The highest BCUT2D eigenvalue weighted by Crippen LogP contribution is 2.34. The molecule has 0 atom stereocenters. The zero-order valence-corrected chi connectivity index (χ0v) is 18.9. The first-order chi connectivity index (χ1) is 15.8. The molecule has 4 rings (SSSR count). The topological polar surface area (TPSA) is 96.8 Å². The second-order valence-electron chi connectivity index (χ2n) is 8.15. The first-order valence-corrected chi connectivity index (χ1v) is 11.0. The molecule has 0 spiro atoms. The Morgan fingerprint density at radius 3 is 2.79 bits per heavy atom. The minimum Gasteiger partial charge on any atom is -0.390 e. The summed E-state index contributed by atoms with van der Waals surface area (Å²) in [4.78, 5) is 23.5. The average Bonchev–Trinajstić information content (AvgIpc) is 3.26. The zero-order chi connectivity index (χ0) is 23.6. The molecule has 2 aliphatic rings. The van der Waals surface area contributed by atoms with E-state index in [1.807, 2.05) is 0 Å². The number of nitrogens with one attached hydrogen (secondary N) is 1. The Bertz CT molecular complexity index is 1030. The van der Waals surface area contributed by atoms with Gasteiger partial charge in [0.1, 0.15) is 12.4 Å². The van der Waals surface area contributed by atoms with Crippen LogP contribution in [0.3, 0.4) is 0 Å². The van der Waals surface area contributed by atoms with E-state index in [-0.39, 0.29) is 36.4 Å². The van der Waals surface area contributed by atoms with Crippen LogP contribution in [0.2, 0.25) is 5.28 Å². The molecule has 0 bridgehead atoms. The van der Waals surface area contributed by atoms with E-state index in [1.54, 1.807) is 11.0 Å². The number of methoxy groups -OCH3 is 1. The molecule has 8 nitrogen and oxygen atoms in total. The van der Waals surface area contributed by atoms with E-state index < -0.39 is 18.1 Å². The Morgan fingerprint density at radius 2 is 2.09 bits per heavy atom. The van der Waals surface area contributed by atoms with Crippen molar-refractivity contribution in [2.45, 2.75) is 44.0 Å². The average molecular weight is 483 g/mol. The SMILES string of the molecule is COC1(C(=O)N2Cc3nc(Cl)nc(NCc4cccc(C(F)(F)CO)c4)c3C2)CCOCC1. The van der Waals surface area contributed by atoms with Crippen molar-refractivity contribution in [1.29, 1.82) is 0 Å². The summed E-state index contributed by atoms with van der Waals surface area (Å²) in [5.74, 6) is -3.01.